The van der Waals surface area contributed by atoms with Gasteiger partial charge in [-0.15, -0.1) is 0 Å². The maximum Gasteiger partial charge on any atom is 0.497 e. The Hall–Kier alpha value is -1.40. The molecule has 1 atom stereocenters. The zero-order valence-electron chi connectivity index (χ0n) is 15.1. The van der Waals surface area contributed by atoms with Gasteiger partial charge < -0.3 is 14.2 Å². The normalized spacial score (nSPS) is 25.3. The monoisotopic (exact) mass is 333 g/mol. The molecule has 24 heavy (non-hydrogen) atoms. The van der Waals surface area contributed by atoms with Crippen LogP contribution >= 0.6 is 0 Å². The Kier molecular flexibility index (Phi) is 4.25. The number of benzene rings is 1. The van der Waals surface area contributed by atoms with E-state index in [0.29, 0.717) is 11.0 Å². The van der Waals surface area contributed by atoms with Crippen LogP contribution in [-0.4, -0.2) is 41.7 Å². The van der Waals surface area contributed by atoms with E-state index in [-0.39, 0.29) is 11.9 Å². The Bertz CT molecular complexity index is 646. The van der Waals surface area contributed by atoms with Crippen LogP contribution < -0.4 is 5.46 Å². The van der Waals surface area contributed by atoms with Crippen molar-refractivity contribution in [2.24, 2.45) is 0 Å². The summed E-state index contributed by atoms with van der Waals surface area (Å²) in [5.74, 6) is -0.578. The number of halogens is 1. The quantitative estimate of drug-likeness (QED) is 0.781. The van der Waals surface area contributed by atoms with Crippen molar-refractivity contribution in [2.75, 3.05) is 6.54 Å². The molecule has 2 aliphatic heterocycles. The summed E-state index contributed by atoms with van der Waals surface area (Å²) in [6.07, 6.45) is 2.00. The van der Waals surface area contributed by atoms with E-state index in [0.717, 1.165) is 19.4 Å². The lowest BCUT2D eigenvalue weighted by atomic mass is 9.78. The van der Waals surface area contributed by atoms with Crippen molar-refractivity contribution in [3.05, 3.63) is 29.6 Å². The maximum absolute atomic E-state index is 14.6. The van der Waals surface area contributed by atoms with E-state index in [1.807, 2.05) is 39.5 Å². The Morgan fingerprint density at radius 3 is 2.38 bits per heavy atom. The van der Waals surface area contributed by atoms with Crippen molar-refractivity contribution in [1.82, 2.24) is 4.90 Å². The van der Waals surface area contributed by atoms with Gasteiger partial charge in [0, 0.05) is 23.6 Å². The Morgan fingerprint density at radius 2 is 1.88 bits per heavy atom. The number of nitrogens with zero attached hydrogens (tertiary/aromatic N) is 1. The summed E-state index contributed by atoms with van der Waals surface area (Å²) in [5.41, 5.74) is -0.339. The fourth-order valence-electron chi connectivity index (χ4n) is 3.22. The molecule has 2 saturated heterocycles. The van der Waals surface area contributed by atoms with Gasteiger partial charge in [0.1, 0.15) is 5.82 Å². The first-order chi connectivity index (χ1) is 11.1. The summed E-state index contributed by atoms with van der Waals surface area (Å²) in [7, 11) is -0.759. The highest BCUT2D eigenvalue weighted by Gasteiger charge is 2.52. The van der Waals surface area contributed by atoms with Crippen LogP contribution in [0.1, 0.15) is 57.8 Å². The number of hydrogen-bond acceptors (Lipinski definition) is 3. The molecular formula is C18H25BFNO3. The summed E-state index contributed by atoms with van der Waals surface area (Å²) in [6.45, 7) is 10.5. The summed E-state index contributed by atoms with van der Waals surface area (Å²) in [6, 6.07) is 4.78. The van der Waals surface area contributed by atoms with E-state index < -0.39 is 24.1 Å². The van der Waals surface area contributed by atoms with Crippen molar-refractivity contribution in [2.45, 2.75) is 64.7 Å². The predicted molar refractivity (Wildman–Crippen MR) is 91.8 cm³/mol. The molecule has 1 aromatic rings. The van der Waals surface area contributed by atoms with Crippen LogP contribution in [0.2, 0.25) is 0 Å². The first-order valence-electron chi connectivity index (χ1n) is 8.58. The minimum Gasteiger partial charge on any atom is -0.399 e. The summed E-state index contributed by atoms with van der Waals surface area (Å²) >= 11 is 0. The van der Waals surface area contributed by atoms with Gasteiger partial charge in [0.25, 0.3) is 5.91 Å². The minimum atomic E-state index is -0.759. The molecular weight excluding hydrogens is 308 g/mol. The van der Waals surface area contributed by atoms with Crippen LogP contribution in [0.25, 0.3) is 0 Å². The topological polar surface area (TPSA) is 38.8 Å². The molecule has 0 spiro atoms. The van der Waals surface area contributed by atoms with Gasteiger partial charge in [-0.1, -0.05) is 6.07 Å². The number of rotatable bonds is 2. The highest BCUT2D eigenvalue weighted by atomic mass is 19.1. The van der Waals surface area contributed by atoms with Gasteiger partial charge in [-0.2, -0.15) is 0 Å². The second-order valence-corrected chi connectivity index (χ2v) is 7.81. The summed E-state index contributed by atoms with van der Waals surface area (Å²) in [4.78, 5) is 14.4. The number of amides is 1. The molecule has 3 rings (SSSR count). The standard InChI is InChI=1S/C18H25BFNO3/c1-12-7-6-10-21(12)16(22)13-8-9-14(15(20)11-13)19-23-17(2,3)18(4,5)24-19/h8-9,11-12H,6-7,10H2,1-5H3. The Labute approximate surface area is 143 Å². The van der Waals surface area contributed by atoms with Crippen LogP contribution in [0.5, 0.6) is 0 Å². The number of carbonyl (C=O) groups excluding carboxylic acids is 1. The molecule has 0 saturated carbocycles. The number of carbonyl (C=O) groups is 1. The third-order valence-corrected chi connectivity index (χ3v) is 5.57. The van der Waals surface area contributed by atoms with E-state index in [4.69, 9.17) is 9.31 Å². The molecule has 1 unspecified atom stereocenters. The van der Waals surface area contributed by atoms with Crippen molar-refractivity contribution in [3.63, 3.8) is 0 Å². The molecule has 6 heteroatoms. The third kappa shape index (κ3) is 2.86. The van der Waals surface area contributed by atoms with Gasteiger partial charge in [0.05, 0.1) is 11.2 Å². The minimum absolute atomic E-state index is 0.112. The van der Waals surface area contributed by atoms with E-state index >= 15 is 0 Å². The van der Waals surface area contributed by atoms with Crippen molar-refractivity contribution in [1.29, 1.82) is 0 Å². The molecule has 0 bridgehead atoms. The van der Waals surface area contributed by atoms with Gasteiger partial charge in [-0.25, -0.2) is 4.39 Å². The van der Waals surface area contributed by atoms with Crippen LogP contribution in [0, 0.1) is 5.82 Å². The molecule has 4 nitrogen and oxygen atoms in total. The lowest BCUT2D eigenvalue weighted by Crippen LogP contribution is -2.41. The molecule has 2 fully saturated rings. The zero-order valence-corrected chi connectivity index (χ0v) is 15.1. The van der Waals surface area contributed by atoms with Crippen molar-refractivity contribution < 1.29 is 18.5 Å². The molecule has 2 heterocycles. The number of hydrogen-bond donors (Lipinski definition) is 0. The molecule has 1 aromatic carbocycles. The van der Waals surface area contributed by atoms with Crippen LogP contribution in [-0.2, 0) is 9.31 Å². The molecule has 0 aliphatic carbocycles. The smallest absolute Gasteiger partial charge is 0.399 e. The second-order valence-electron chi connectivity index (χ2n) is 7.81. The molecule has 130 valence electrons. The van der Waals surface area contributed by atoms with E-state index in [1.165, 1.54) is 6.07 Å². The average molecular weight is 333 g/mol. The second kappa shape index (κ2) is 5.85. The Morgan fingerprint density at radius 1 is 1.25 bits per heavy atom. The zero-order chi connectivity index (χ0) is 17.7. The largest absolute Gasteiger partial charge is 0.497 e. The Balaban J connectivity index is 1.82. The van der Waals surface area contributed by atoms with Gasteiger partial charge in [0.2, 0.25) is 0 Å². The maximum atomic E-state index is 14.6. The van der Waals surface area contributed by atoms with E-state index in [1.54, 1.807) is 12.1 Å². The van der Waals surface area contributed by atoms with Gasteiger partial charge in [-0.3, -0.25) is 4.79 Å². The van der Waals surface area contributed by atoms with Crippen LogP contribution in [0.3, 0.4) is 0 Å². The first-order valence-corrected chi connectivity index (χ1v) is 8.58. The highest BCUT2D eigenvalue weighted by molar-refractivity contribution is 6.62. The first kappa shape index (κ1) is 17.4. The van der Waals surface area contributed by atoms with E-state index in [2.05, 4.69) is 0 Å². The molecule has 2 aliphatic rings. The van der Waals surface area contributed by atoms with Crippen molar-refractivity contribution in [3.8, 4) is 0 Å². The molecule has 1 amide bonds. The lowest BCUT2D eigenvalue weighted by Gasteiger charge is -2.32. The van der Waals surface area contributed by atoms with Gasteiger partial charge in [0.15, 0.2) is 0 Å². The van der Waals surface area contributed by atoms with Gasteiger partial charge in [-0.05, 0) is 59.6 Å². The average Bonchev–Trinajstić information content (AvgIpc) is 2.99. The lowest BCUT2D eigenvalue weighted by molar-refractivity contribution is 0.00578. The van der Waals surface area contributed by atoms with Gasteiger partial charge >= 0.3 is 7.12 Å². The summed E-state index contributed by atoms with van der Waals surface area (Å²) in [5, 5.41) is 0. The van der Waals surface area contributed by atoms with E-state index in [9.17, 15) is 9.18 Å². The SMILES string of the molecule is CC1CCCN1C(=O)c1ccc(B2OC(C)(C)C(C)(C)O2)c(F)c1. The fraction of sp³-hybridized carbons (Fsp3) is 0.611. The van der Waals surface area contributed by atoms with Crippen LogP contribution in [0.15, 0.2) is 18.2 Å². The fourth-order valence-corrected chi connectivity index (χ4v) is 3.22. The predicted octanol–water partition coefficient (Wildman–Crippen LogP) is 2.75. The third-order valence-electron chi connectivity index (χ3n) is 5.57. The molecule has 0 N–H and O–H groups in total. The highest BCUT2D eigenvalue weighted by Crippen LogP contribution is 2.36. The van der Waals surface area contributed by atoms with Crippen molar-refractivity contribution >= 4 is 18.5 Å². The number of likely N-dealkylation sites (tertiary alicyclic amines) is 1. The molecule has 0 radical (unpaired) electrons. The van der Waals surface area contributed by atoms with Crippen LogP contribution in [0.4, 0.5) is 4.39 Å². The summed E-state index contributed by atoms with van der Waals surface area (Å²) < 4.78 is 26.4. The molecule has 0 aromatic heterocycles.